The van der Waals surface area contributed by atoms with Gasteiger partial charge in [-0.15, -0.1) is 0 Å². The number of rotatable bonds is 2. The number of ether oxygens (including phenoxy) is 2. The molecule has 104 valence electrons. The van der Waals surface area contributed by atoms with Gasteiger partial charge in [-0.1, -0.05) is 0 Å². The minimum Gasteiger partial charge on any atom is -0.495 e. The number of hydrogen-bond acceptors (Lipinski definition) is 5. The lowest BCUT2D eigenvalue weighted by atomic mass is 9.97. The van der Waals surface area contributed by atoms with Crippen molar-refractivity contribution in [3.05, 3.63) is 30.0 Å². The summed E-state index contributed by atoms with van der Waals surface area (Å²) in [5, 5.41) is 7.93. The Morgan fingerprint density at radius 2 is 2.20 bits per heavy atom. The van der Waals surface area contributed by atoms with Gasteiger partial charge in [-0.05, 0) is 12.1 Å². The van der Waals surface area contributed by atoms with E-state index in [1.165, 1.54) is 0 Å². The molecule has 0 bridgehead atoms. The van der Waals surface area contributed by atoms with Crippen LogP contribution in [0.2, 0.25) is 0 Å². The summed E-state index contributed by atoms with van der Waals surface area (Å²) < 4.78 is 11.2. The number of aliphatic imine (C=N–C) groups is 1. The van der Waals surface area contributed by atoms with E-state index in [9.17, 15) is 0 Å². The van der Waals surface area contributed by atoms with E-state index in [2.05, 4.69) is 4.99 Å². The van der Waals surface area contributed by atoms with E-state index < -0.39 is 0 Å². The van der Waals surface area contributed by atoms with Crippen molar-refractivity contribution in [3.8, 4) is 5.75 Å². The van der Waals surface area contributed by atoms with Crippen LogP contribution in [0.1, 0.15) is 6.42 Å². The highest BCUT2D eigenvalue weighted by molar-refractivity contribution is 6.14. The monoisotopic (exact) mass is 271 g/mol. The van der Waals surface area contributed by atoms with Crippen LogP contribution in [-0.2, 0) is 4.74 Å². The minimum atomic E-state index is -0.189. The summed E-state index contributed by atoms with van der Waals surface area (Å²) >= 11 is 0. The summed E-state index contributed by atoms with van der Waals surface area (Å²) in [5.41, 5.74) is 3.16. The van der Waals surface area contributed by atoms with Crippen molar-refractivity contribution in [2.45, 2.75) is 12.5 Å². The molecule has 0 amide bonds. The maximum Gasteiger partial charge on any atom is 0.148 e. The Labute approximate surface area is 118 Å². The molecular formula is C15H17N3O2. The van der Waals surface area contributed by atoms with Crippen LogP contribution < -0.4 is 9.64 Å². The molecule has 2 aliphatic rings. The number of methoxy groups -OCH3 is 1. The molecule has 0 fully saturated rings. The van der Waals surface area contributed by atoms with Crippen LogP contribution >= 0.6 is 0 Å². The smallest absolute Gasteiger partial charge is 0.148 e. The maximum atomic E-state index is 7.93. The van der Waals surface area contributed by atoms with Gasteiger partial charge in [0.15, 0.2) is 0 Å². The number of benzene rings is 1. The first kappa shape index (κ1) is 12.7. The van der Waals surface area contributed by atoms with Crippen LogP contribution in [0.4, 0.5) is 11.4 Å². The van der Waals surface area contributed by atoms with Gasteiger partial charge in [-0.3, -0.25) is 0 Å². The van der Waals surface area contributed by atoms with Crippen LogP contribution in [0, 0.1) is 5.41 Å². The van der Waals surface area contributed by atoms with Gasteiger partial charge in [0, 0.05) is 38.3 Å². The molecule has 0 spiro atoms. The molecule has 0 aromatic heterocycles. The summed E-state index contributed by atoms with van der Waals surface area (Å²) in [5.74, 6) is 1.34. The molecule has 1 aliphatic carbocycles. The normalized spacial score (nSPS) is 20.1. The molecule has 1 unspecified atom stereocenters. The van der Waals surface area contributed by atoms with Crippen LogP contribution in [-0.4, -0.2) is 38.7 Å². The van der Waals surface area contributed by atoms with Crippen LogP contribution in [0.25, 0.3) is 0 Å². The zero-order valence-electron chi connectivity index (χ0n) is 11.8. The molecule has 0 radical (unpaired) electrons. The molecule has 0 saturated carbocycles. The van der Waals surface area contributed by atoms with Gasteiger partial charge in [-0.25, -0.2) is 4.99 Å². The van der Waals surface area contributed by atoms with Gasteiger partial charge >= 0.3 is 0 Å². The number of anilines is 1. The van der Waals surface area contributed by atoms with Crippen LogP contribution in [0.3, 0.4) is 0 Å². The molecule has 1 aromatic rings. The Morgan fingerprint density at radius 1 is 1.40 bits per heavy atom. The summed E-state index contributed by atoms with van der Waals surface area (Å²) in [7, 11) is 5.55. The average molecular weight is 271 g/mol. The molecule has 1 N–H and O–H groups in total. The summed E-state index contributed by atoms with van der Waals surface area (Å²) in [6.07, 6.45) is 2.09. The quantitative estimate of drug-likeness (QED) is 0.899. The van der Waals surface area contributed by atoms with E-state index in [1.807, 2.05) is 37.2 Å². The van der Waals surface area contributed by atoms with Gasteiger partial charge in [0.25, 0.3) is 0 Å². The Hall–Kier alpha value is -2.30. The van der Waals surface area contributed by atoms with Gasteiger partial charge in [0.1, 0.15) is 23.3 Å². The molecule has 5 heteroatoms. The Balaban J connectivity index is 2.02. The molecule has 3 rings (SSSR count). The van der Waals surface area contributed by atoms with Gasteiger partial charge in [0.2, 0.25) is 0 Å². The van der Waals surface area contributed by atoms with E-state index >= 15 is 0 Å². The van der Waals surface area contributed by atoms with Crippen molar-refractivity contribution < 1.29 is 9.47 Å². The zero-order chi connectivity index (χ0) is 14.3. The third-order valence-corrected chi connectivity index (χ3v) is 3.49. The number of hydrogen-bond donors (Lipinski definition) is 1. The molecular weight excluding hydrogens is 254 g/mol. The third-order valence-electron chi connectivity index (χ3n) is 3.49. The summed E-state index contributed by atoms with van der Waals surface area (Å²) in [6, 6.07) is 5.95. The van der Waals surface area contributed by atoms with Crippen molar-refractivity contribution in [3.63, 3.8) is 0 Å². The second kappa shape index (κ2) is 4.67. The zero-order valence-corrected chi connectivity index (χ0v) is 11.8. The first-order chi connectivity index (χ1) is 9.58. The first-order valence-corrected chi connectivity index (χ1v) is 6.48. The van der Waals surface area contributed by atoms with Crippen molar-refractivity contribution >= 4 is 22.8 Å². The highest BCUT2D eigenvalue weighted by Gasteiger charge is 2.30. The predicted octanol–water partition coefficient (Wildman–Crippen LogP) is 2.54. The van der Waals surface area contributed by atoms with Gasteiger partial charge in [0.05, 0.1) is 18.5 Å². The first-order valence-electron chi connectivity index (χ1n) is 6.48. The molecule has 20 heavy (non-hydrogen) atoms. The summed E-state index contributed by atoms with van der Waals surface area (Å²) in [4.78, 5) is 6.64. The standard InChI is InChI=1S/C15H17N3O2/c1-18(2)9-4-5-11-14(6-9)20-15-7-10(16)13(19-3)8-12(15)17-11/h4-6,8,15-16H,7H2,1-3H3. The van der Waals surface area contributed by atoms with Crippen LogP contribution in [0.5, 0.6) is 5.75 Å². The van der Waals surface area contributed by atoms with E-state index in [-0.39, 0.29) is 6.10 Å². The van der Waals surface area contributed by atoms with Crippen molar-refractivity contribution in [1.29, 1.82) is 5.41 Å². The fourth-order valence-corrected chi connectivity index (χ4v) is 2.35. The lowest BCUT2D eigenvalue weighted by molar-refractivity contribution is 0.260. The van der Waals surface area contributed by atoms with Crippen molar-refractivity contribution in [2.75, 3.05) is 26.1 Å². The highest BCUT2D eigenvalue weighted by Crippen LogP contribution is 2.37. The number of nitrogens with one attached hydrogen (secondary N) is 1. The summed E-state index contributed by atoms with van der Waals surface area (Å²) in [6.45, 7) is 0. The van der Waals surface area contributed by atoms with E-state index in [0.717, 1.165) is 22.8 Å². The molecule has 1 aliphatic heterocycles. The van der Waals surface area contributed by atoms with E-state index in [0.29, 0.717) is 17.9 Å². The van der Waals surface area contributed by atoms with Crippen LogP contribution in [0.15, 0.2) is 35.0 Å². The van der Waals surface area contributed by atoms with Gasteiger partial charge in [-0.2, -0.15) is 0 Å². The topological polar surface area (TPSA) is 57.9 Å². The lowest BCUT2D eigenvalue weighted by Gasteiger charge is -2.29. The molecule has 0 saturated heterocycles. The SMILES string of the molecule is COC1=CC2=Nc3ccc(N(C)C)cc3OC2CC1=N. The Morgan fingerprint density at radius 3 is 2.90 bits per heavy atom. The maximum absolute atomic E-state index is 7.93. The molecule has 5 nitrogen and oxygen atoms in total. The minimum absolute atomic E-state index is 0.189. The predicted molar refractivity (Wildman–Crippen MR) is 79.7 cm³/mol. The average Bonchev–Trinajstić information content (AvgIpc) is 2.43. The van der Waals surface area contributed by atoms with Gasteiger partial charge < -0.3 is 19.8 Å². The van der Waals surface area contributed by atoms with E-state index in [4.69, 9.17) is 14.9 Å². The Kier molecular flexibility index (Phi) is 2.97. The third kappa shape index (κ3) is 2.05. The lowest BCUT2D eigenvalue weighted by Crippen LogP contribution is -2.35. The molecule has 1 aromatic carbocycles. The molecule has 1 atom stereocenters. The number of allylic oxidation sites excluding steroid dienone is 1. The fraction of sp³-hybridized carbons (Fsp3) is 0.333. The number of fused-ring (bicyclic) bond motifs is 2. The second-order valence-electron chi connectivity index (χ2n) is 5.09. The largest absolute Gasteiger partial charge is 0.495 e. The Bertz CT molecular complexity index is 632. The molecule has 1 heterocycles. The fourth-order valence-electron chi connectivity index (χ4n) is 2.35. The highest BCUT2D eigenvalue weighted by atomic mass is 16.5. The second-order valence-corrected chi connectivity index (χ2v) is 5.09. The number of nitrogens with zero attached hydrogens (tertiary/aromatic N) is 2. The van der Waals surface area contributed by atoms with E-state index in [1.54, 1.807) is 13.2 Å². The van der Waals surface area contributed by atoms with Crippen molar-refractivity contribution in [2.24, 2.45) is 4.99 Å². The van der Waals surface area contributed by atoms with Crippen molar-refractivity contribution in [1.82, 2.24) is 0 Å².